The second kappa shape index (κ2) is 7.60. The highest BCUT2D eigenvalue weighted by Gasteiger charge is 2.20. The zero-order chi connectivity index (χ0) is 16.8. The first-order chi connectivity index (χ1) is 11.8. The number of anilines is 1. The summed E-state index contributed by atoms with van der Waals surface area (Å²) in [4.78, 5) is 4.56. The zero-order valence-electron chi connectivity index (χ0n) is 14.1. The topological polar surface area (TPSA) is 24.4 Å². The fourth-order valence-electron chi connectivity index (χ4n) is 2.84. The molecule has 0 heterocycles. The first-order valence-electron chi connectivity index (χ1n) is 8.18. The molecule has 0 bridgehead atoms. The van der Waals surface area contributed by atoms with E-state index in [4.69, 9.17) is 0 Å². The first kappa shape index (κ1) is 16.0. The lowest BCUT2D eigenvalue weighted by molar-refractivity contribution is 1.06. The lowest BCUT2D eigenvalue weighted by Crippen LogP contribution is -2.22. The van der Waals surface area contributed by atoms with Crippen molar-refractivity contribution < 1.29 is 0 Å². The minimum Gasteiger partial charge on any atom is -0.343 e. The van der Waals surface area contributed by atoms with Gasteiger partial charge >= 0.3 is 0 Å². The summed E-state index contributed by atoms with van der Waals surface area (Å²) in [5, 5.41) is 3.50. The molecule has 0 fully saturated rings. The lowest BCUT2D eigenvalue weighted by Gasteiger charge is -2.22. The third-order valence-corrected chi connectivity index (χ3v) is 4.10. The maximum atomic E-state index is 4.56. The summed E-state index contributed by atoms with van der Waals surface area (Å²) in [6.45, 7) is 2.09. The summed E-state index contributed by atoms with van der Waals surface area (Å²) in [7, 11) is 1.84. The highest BCUT2D eigenvalue weighted by Crippen LogP contribution is 2.27. The van der Waals surface area contributed by atoms with E-state index in [2.05, 4.69) is 90.0 Å². The molecule has 0 aliphatic rings. The van der Waals surface area contributed by atoms with Crippen LogP contribution in [0.15, 0.2) is 89.9 Å². The number of nitrogens with zero attached hydrogens (tertiary/aromatic N) is 1. The standard InChI is InChI=1S/C22H22N2/c1-17-13-15-20(16-14-17)24-22(23-2)21(18-9-5-3-6-10-18)19-11-7-4-8-12-19/h3-16,21H,1-2H3,(H,23,24). The largest absolute Gasteiger partial charge is 0.343 e. The van der Waals surface area contributed by atoms with Crippen LogP contribution in [0.4, 0.5) is 5.69 Å². The van der Waals surface area contributed by atoms with E-state index in [9.17, 15) is 0 Å². The molecule has 1 N–H and O–H groups in total. The molecular weight excluding hydrogens is 292 g/mol. The quantitative estimate of drug-likeness (QED) is 0.515. The van der Waals surface area contributed by atoms with Crippen molar-refractivity contribution in [2.75, 3.05) is 12.4 Å². The molecule has 0 aliphatic heterocycles. The van der Waals surface area contributed by atoms with E-state index in [-0.39, 0.29) is 5.92 Å². The SMILES string of the molecule is CN=C(Nc1ccc(C)cc1)C(c1ccccc1)c1ccccc1. The van der Waals surface area contributed by atoms with Gasteiger partial charge in [-0.3, -0.25) is 4.99 Å². The molecule has 0 saturated heterocycles. The second-order valence-corrected chi connectivity index (χ2v) is 5.85. The summed E-state index contributed by atoms with van der Waals surface area (Å²) >= 11 is 0. The summed E-state index contributed by atoms with van der Waals surface area (Å²) in [6.07, 6.45) is 0. The van der Waals surface area contributed by atoms with Crippen LogP contribution in [0, 0.1) is 6.92 Å². The van der Waals surface area contributed by atoms with Crippen molar-refractivity contribution in [3.63, 3.8) is 0 Å². The minimum atomic E-state index is 0.0821. The number of rotatable bonds is 4. The summed E-state index contributed by atoms with van der Waals surface area (Å²) < 4.78 is 0. The van der Waals surface area contributed by atoms with Gasteiger partial charge in [-0.05, 0) is 30.2 Å². The Balaban J connectivity index is 1.98. The number of hydrogen-bond acceptors (Lipinski definition) is 1. The van der Waals surface area contributed by atoms with Crippen molar-refractivity contribution in [2.45, 2.75) is 12.8 Å². The molecule has 0 saturated carbocycles. The van der Waals surface area contributed by atoms with Crippen molar-refractivity contribution in [2.24, 2.45) is 4.99 Å². The smallest absolute Gasteiger partial charge is 0.112 e. The summed E-state index contributed by atoms with van der Waals surface area (Å²) in [6, 6.07) is 29.4. The summed E-state index contributed by atoms with van der Waals surface area (Å²) in [5.41, 5.74) is 4.75. The van der Waals surface area contributed by atoms with Crippen LogP contribution in [-0.4, -0.2) is 12.9 Å². The maximum Gasteiger partial charge on any atom is 0.112 e. The van der Waals surface area contributed by atoms with Gasteiger partial charge in [0.15, 0.2) is 0 Å². The van der Waals surface area contributed by atoms with Crippen LogP contribution < -0.4 is 5.32 Å². The number of benzene rings is 3. The van der Waals surface area contributed by atoms with Crippen molar-refractivity contribution >= 4 is 11.5 Å². The van der Waals surface area contributed by atoms with Crippen LogP contribution in [0.3, 0.4) is 0 Å². The predicted octanol–water partition coefficient (Wildman–Crippen LogP) is 5.27. The molecule has 0 aliphatic carbocycles. The van der Waals surface area contributed by atoms with E-state index in [0.717, 1.165) is 11.5 Å². The number of amidine groups is 1. The van der Waals surface area contributed by atoms with E-state index < -0.39 is 0 Å². The van der Waals surface area contributed by atoms with Gasteiger partial charge in [0, 0.05) is 12.7 Å². The molecule has 3 aromatic carbocycles. The molecule has 24 heavy (non-hydrogen) atoms. The van der Waals surface area contributed by atoms with Gasteiger partial charge in [-0.15, -0.1) is 0 Å². The molecule has 3 aromatic rings. The lowest BCUT2D eigenvalue weighted by atomic mass is 9.90. The van der Waals surface area contributed by atoms with E-state index in [0.29, 0.717) is 0 Å². The van der Waals surface area contributed by atoms with E-state index in [1.165, 1.54) is 16.7 Å². The van der Waals surface area contributed by atoms with Crippen LogP contribution in [0.5, 0.6) is 0 Å². The van der Waals surface area contributed by atoms with Crippen molar-refractivity contribution in [1.29, 1.82) is 0 Å². The molecule has 0 aromatic heterocycles. The molecule has 2 nitrogen and oxygen atoms in total. The minimum absolute atomic E-state index is 0.0821. The molecule has 0 unspecified atom stereocenters. The van der Waals surface area contributed by atoms with Crippen LogP contribution in [0.2, 0.25) is 0 Å². The average molecular weight is 314 g/mol. The molecular formula is C22H22N2. The Kier molecular flexibility index (Phi) is 5.07. The average Bonchev–Trinajstić information content (AvgIpc) is 2.64. The van der Waals surface area contributed by atoms with Crippen molar-refractivity contribution in [3.05, 3.63) is 102 Å². The predicted molar refractivity (Wildman–Crippen MR) is 103 cm³/mol. The molecule has 2 heteroatoms. The van der Waals surface area contributed by atoms with Gasteiger partial charge in [0.25, 0.3) is 0 Å². The Hall–Kier alpha value is -2.87. The molecule has 0 spiro atoms. The highest BCUT2D eigenvalue weighted by atomic mass is 15.0. The van der Waals surface area contributed by atoms with E-state index >= 15 is 0 Å². The maximum absolute atomic E-state index is 4.56. The van der Waals surface area contributed by atoms with E-state index in [1.807, 2.05) is 19.2 Å². The zero-order valence-corrected chi connectivity index (χ0v) is 14.1. The Morgan fingerprint density at radius 3 is 1.71 bits per heavy atom. The Morgan fingerprint density at radius 2 is 1.25 bits per heavy atom. The van der Waals surface area contributed by atoms with Gasteiger partial charge in [-0.1, -0.05) is 78.4 Å². The number of nitrogens with one attached hydrogen (secondary N) is 1. The summed E-state index contributed by atoms with van der Waals surface area (Å²) in [5.74, 6) is 1.02. The van der Waals surface area contributed by atoms with Crippen molar-refractivity contribution in [3.8, 4) is 0 Å². The molecule has 0 radical (unpaired) electrons. The van der Waals surface area contributed by atoms with Crippen LogP contribution >= 0.6 is 0 Å². The molecule has 120 valence electrons. The van der Waals surface area contributed by atoms with Crippen LogP contribution in [-0.2, 0) is 0 Å². The van der Waals surface area contributed by atoms with Gasteiger partial charge in [0.1, 0.15) is 5.84 Å². The van der Waals surface area contributed by atoms with E-state index in [1.54, 1.807) is 0 Å². The van der Waals surface area contributed by atoms with Gasteiger partial charge in [-0.25, -0.2) is 0 Å². The first-order valence-corrected chi connectivity index (χ1v) is 8.18. The van der Waals surface area contributed by atoms with Gasteiger partial charge < -0.3 is 5.32 Å². The number of aryl methyl sites for hydroxylation is 1. The molecule has 0 atom stereocenters. The molecule has 3 rings (SSSR count). The third-order valence-electron chi connectivity index (χ3n) is 4.10. The van der Waals surface area contributed by atoms with Gasteiger partial charge in [0.05, 0.1) is 5.92 Å². The Labute approximate surface area is 143 Å². The number of aliphatic imine (C=N–C) groups is 1. The molecule has 0 amide bonds. The fourth-order valence-corrected chi connectivity index (χ4v) is 2.84. The van der Waals surface area contributed by atoms with Gasteiger partial charge in [0.2, 0.25) is 0 Å². The normalized spacial score (nSPS) is 11.5. The number of hydrogen-bond donors (Lipinski definition) is 1. The van der Waals surface area contributed by atoms with Crippen LogP contribution in [0.25, 0.3) is 0 Å². The third kappa shape index (κ3) is 3.72. The Bertz CT molecular complexity index is 751. The fraction of sp³-hybridized carbons (Fsp3) is 0.136. The highest BCUT2D eigenvalue weighted by molar-refractivity contribution is 6.02. The van der Waals surface area contributed by atoms with Gasteiger partial charge in [-0.2, -0.15) is 0 Å². The Morgan fingerprint density at radius 1 is 0.750 bits per heavy atom. The van der Waals surface area contributed by atoms with Crippen molar-refractivity contribution in [1.82, 2.24) is 0 Å². The second-order valence-electron chi connectivity index (χ2n) is 5.85. The monoisotopic (exact) mass is 314 g/mol. The van der Waals surface area contributed by atoms with Crippen LogP contribution in [0.1, 0.15) is 22.6 Å².